The van der Waals surface area contributed by atoms with E-state index in [1.807, 2.05) is 54.0 Å². The summed E-state index contributed by atoms with van der Waals surface area (Å²) in [5.41, 5.74) is 3.19. The van der Waals surface area contributed by atoms with Crippen molar-refractivity contribution in [2.75, 3.05) is 7.11 Å². The van der Waals surface area contributed by atoms with Crippen LogP contribution in [0.15, 0.2) is 47.5 Å². The van der Waals surface area contributed by atoms with Gasteiger partial charge in [-0.3, -0.25) is 14.4 Å². The van der Waals surface area contributed by atoms with Crippen LogP contribution < -0.4 is 0 Å². The number of carbonyl (C=O) groups excluding carboxylic acids is 1. The number of nitrogens with zero attached hydrogens (tertiary/aromatic N) is 4. The lowest BCUT2D eigenvalue weighted by atomic mass is 10.00. The van der Waals surface area contributed by atoms with Gasteiger partial charge in [0.25, 0.3) is 0 Å². The SMILES string of the molecule is COC(=O)CC[C@@H]1N=C(c2ccccc2Cl)c2cc(Cl)ccc2-n2c(C)nnc21. The van der Waals surface area contributed by atoms with Gasteiger partial charge in [-0.05, 0) is 37.6 Å². The monoisotopic (exact) mass is 428 g/mol. The van der Waals surface area contributed by atoms with E-state index in [0.29, 0.717) is 28.0 Å². The quantitative estimate of drug-likeness (QED) is 0.563. The molecule has 0 N–H and O–H groups in total. The molecule has 4 rings (SSSR count). The molecule has 6 nitrogen and oxygen atoms in total. The number of halogens is 2. The van der Waals surface area contributed by atoms with Crippen molar-refractivity contribution in [2.45, 2.75) is 25.8 Å². The van der Waals surface area contributed by atoms with Crippen LogP contribution in [-0.2, 0) is 9.53 Å². The van der Waals surface area contributed by atoms with E-state index >= 15 is 0 Å². The minimum absolute atomic E-state index is 0.212. The molecule has 8 heteroatoms. The van der Waals surface area contributed by atoms with Crippen LogP contribution in [-0.4, -0.2) is 33.6 Å². The molecule has 29 heavy (non-hydrogen) atoms. The summed E-state index contributed by atoms with van der Waals surface area (Å²) < 4.78 is 6.76. The predicted octanol–water partition coefficient (Wildman–Crippen LogP) is 4.73. The lowest BCUT2D eigenvalue weighted by Crippen LogP contribution is -2.09. The van der Waals surface area contributed by atoms with E-state index in [0.717, 1.165) is 22.6 Å². The number of hydrogen-bond acceptors (Lipinski definition) is 5. The van der Waals surface area contributed by atoms with Crippen molar-refractivity contribution in [3.8, 4) is 5.69 Å². The minimum Gasteiger partial charge on any atom is -0.469 e. The lowest BCUT2D eigenvalue weighted by Gasteiger charge is -2.13. The van der Waals surface area contributed by atoms with Gasteiger partial charge in [-0.1, -0.05) is 41.4 Å². The molecule has 2 aromatic carbocycles. The largest absolute Gasteiger partial charge is 0.469 e. The van der Waals surface area contributed by atoms with Gasteiger partial charge in [-0.25, -0.2) is 0 Å². The van der Waals surface area contributed by atoms with Gasteiger partial charge in [0.2, 0.25) is 0 Å². The predicted molar refractivity (Wildman–Crippen MR) is 112 cm³/mol. The van der Waals surface area contributed by atoms with Crippen LogP contribution in [0.4, 0.5) is 0 Å². The molecular formula is C21H18Cl2N4O2. The summed E-state index contributed by atoms with van der Waals surface area (Å²) in [6.07, 6.45) is 0.643. The summed E-state index contributed by atoms with van der Waals surface area (Å²) in [6.45, 7) is 1.88. The number of esters is 1. The van der Waals surface area contributed by atoms with E-state index in [-0.39, 0.29) is 12.4 Å². The summed E-state index contributed by atoms with van der Waals surface area (Å²) in [6, 6.07) is 12.7. The molecule has 1 aliphatic heterocycles. The first-order valence-electron chi connectivity index (χ1n) is 9.11. The van der Waals surface area contributed by atoms with E-state index in [2.05, 4.69) is 10.2 Å². The average Bonchev–Trinajstić information content (AvgIpc) is 3.03. The van der Waals surface area contributed by atoms with Crippen molar-refractivity contribution in [1.82, 2.24) is 14.8 Å². The summed E-state index contributed by atoms with van der Waals surface area (Å²) in [5, 5.41) is 9.77. The third kappa shape index (κ3) is 3.66. The normalized spacial score (nSPS) is 15.2. The highest BCUT2D eigenvalue weighted by Crippen LogP contribution is 2.35. The second kappa shape index (κ2) is 7.97. The highest BCUT2D eigenvalue weighted by molar-refractivity contribution is 6.36. The molecule has 0 fully saturated rings. The van der Waals surface area contributed by atoms with Gasteiger partial charge < -0.3 is 4.74 Å². The number of aliphatic imine (C=N–C) groups is 1. The zero-order valence-electron chi connectivity index (χ0n) is 15.9. The topological polar surface area (TPSA) is 69.4 Å². The molecule has 3 aromatic rings. The molecule has 0 amide bonds. The maximum atomic E-state index is 11.8. The van der Waals surface area contributed by atoms with Gasteiger partial charge >= 0.3 is 5.97 Å². The highest BCUT2D eigenvalue weighted by atomic mass is 35.5. The number of aryl methyl sites for hydroxylation is 1. The maximum Gasteiger partial charge on any atom is 0.305 e. The summed E-state index contributed by atoms with van der Waals surface area (Å²) in [7, 11) is 1.37. The van der Waals surface area contributed by atoms with Gasteiger partial charge in [0.15, 0.2) is 5.82 Å². The fraction of sp³-hybridized carbons (Fsp3) is 0.238. The van der Waals surface area contributed by atoms with Crippen LogP contribution in [0.25, 0.3) is 5.69 Å². The Balaban J connectivity index is 1.96. The van der Waals surface area contributed by atoms with E-state index < -0.39 is 6.04 Å². The molecule has 0 saturated heterocycles. The Morgan fingerprint density at radius 1 is 1.14 bits per heavy atom. The van der Waals surface area contributed by atoms with E-state index in [1.54, 1.807) is 0 Å². The van der Waals surface area contributed by atoms with Crippen molar-refractivity contribution < 1.29 is 9.53 Å². The van der Waals surface area contributed by atoms with Gasteiger partial charge in [-0.2, -0.15) is 0 Å². The van der Waals surface area contributed by atoms with E-state index in [4.69, 9.17) is 32.9 Å². The summed E-state index contributed by atoms with van der Waals surface area (Å²) in [5.74, 6) is 1.09. The number of aromatic nitrogens is 3. The number of ether oxygens (including phenoxy) is 1. The van der Waals surface area contributed by atoms with Crippen molar-refractivity contribution in [2.24, 2.45) is 4.99 Å². The molecule has 0 aliphatic carbocycles. The summed E-state index contributed by atoms with van der Waals surface area (Å²) >= 11 is 12.8. The van der Waals surface area contributed by atoms with Crippen molar-refractivity contribution in [3.63, 3.8) is 0 Å². The zero-order valence-corrected chi connectivity index (χ0v) is 17.4. The number of rotatable bonds is 4. The minimum atomic E-state index is -0.396. The molecule has 2 heterocycles. The van der Waals surface area contributed by atoms with Gasteiger partial charge in [0.1, 0.15) is 11.9 Å². The Morgan fingerprint density at radius 3 is 2.69 bits per heavy atom. The van der Waals surface area contributed by atoms with E-state index in [9.17, 15) is 4.79 Å². The second-order valence-electron chi connectivity index (χ2n) is 6.69. The van der Waals surface area contributed by atoms with Crippen LogP contribution in [0.1, 0.15) is 41.7 Å². The molecule has 148 valence electrons. The number of methoxy groups -OCH3 is 1. The van der Waals surface area contributed by atoms with Crippen molar-refractivity contribution in [1.29, 1.82) is 0 Å². The average molecular weight is 429 g/mol. The number of carbonyl (C=O) groups is 1. The standard InChI is InChI=1S/C21H18Cl2N4O2/c1-12-25-26-21-17(8-10-19(28)29-2)24-20(14-5-3-4-6-16(14)23)15-11-13(22)7-9-18(15)27(12)21/h3-7,9,11,17H,8,10H2,1-2H3/t17-/m0/s1. The van der Waals surface area contributed by atoms with Crippen molar-refractivity contribution in [3.05, 3.63) is 75.3 Å². The zero-order chi connectivity index (χ0) is 20.5. The molecule has 1 aliphatic rings. The first-order valence-corrected chi connectivity index (χ1v) is 9.87. The summed E-state index contributed by atoms with van der Waals surface area (Å²) in [4.78, 5) is 16.8. The Morgan fingerprint density at radius 2 is 1.93 bits per heavy atom. The Hall–Kier alpha value is -2.70. The first kappa shape index (κ1) is 19.6. The maximum absolute atomic E-state index is 11.8. The number of hydrogen-bond donors (Lipinski definition) is 0. The molecule has 0 saturated carbocycles. The fourth-order valence-electron chi connectivity index (χ4n) is 3.49. The van der Waals surface area contributed by atoms with Gasteiger partial charge in [0, 0.05) is 27.6 Å². The van der Waals surface area contributed by atoms with Crippen LogP contribution in [0, 0.1) is 6.92 Å². The fourth-order valence-corrected chi connectivity index (χ4v) is 3.88. The molecule has 1 atom stereocenters. The Kier molecular flexibility index (Phi) is 5.39. The number of fused-ring (bicyclic) bond motifs is 3. The van der Waals surface area contributed by atoms with Crippen LogP contribution in [0.5, 0.6) is 0 Å². The van der Waals surface area contributed by atoms with Crippen LogP contribution in [0.2, 0.25) is 10.0 Å². The van der Waals surface area contributed by atoms with Gasteiger partial charge in [0.05, 0.1) is 18.5 Å². The Labute approximate surface area is 178 Å². The first-order chi connectivity index (χ1) is 14.0. The number of benzene rings is 2. The molecule has 0 bridgehead atoms. The van der Waals surface area contributed by atoms with Crippen LogP contribution in [0.3, 0.4) is 0 Å². The van der Waals surface area contributed by atoms with E-state index in [1.165, 1.54) is 7.11 Å². The second-order valence-corrected chi connectivity index (χ2v) is 7.53. The Bertz CT molecular complexity index is 1120. The van der Waals surface area contributed by atoms with Gasteiger partial charge in [-0.15, -0.1) is 10.2 Å². The van der Waals surface area contributed by atoms with Crippen molar-refractivity contribution >= 4 is 34.9 Å². The lowest BCUT2D eigenvalue weighted by molar-refractivity contribution is -0.140. The molecule has 0 spiro atoms. The third-order valence-corrected chi connectivity index (χ3v) is 5.43. The third-order valence-electron chi connectivity index (χ3n) is 4.87. The smallest absolute Gasteiger partial charge is 0.305 e. The molecular weight excluding hydrogens is 411 g/mol. The highest BCUT2D eigenvalue weighted by Gasteiger charge is 2.29. The molecule has 0 radical (unpaired) electrons. The molecule has 1 aromatic heterocycles. The van der Waals surface area contributed by atoms with Crippen LogP contribution >= 0.6 is 23.2 Å². The molecule has 0 unspecified atom stereocenters.